The quantitative estimate of drug-likeness (QED) is 0.0506. The molecule has 0 saturated heterocycles. The van der Waals surface area contributed by atoms with Crippen molar-refractivity contribution < 1.29 is 37.9 Å². The van der Waals surface area contributed by atoms with Crippen LogP contribution in [0.25, 0.3) is 9.69 Å². The number of benzene rings is 9. The number of terminal acetylenes is 4. The van der Waals surface area contributed by atoms with E-state index < -0.39 is 5.41 Å². The van der Waals surface area contributed by atoms with E-state index >= 15 is 0 Å². The number of hydrogen-bond acceptors (Lipinski definition) is 11. The van der Waals surface area contributed by atoms with Crippen LogP contribution >= 0.6 is 0 Å². The summed E-state index contributed by atoms with van der Waals surface area (Å²) in [5.41, 5.74) is 6.35. The van der Waals surface area contributed by atoms with Crippen molar-refractivity contribution in [2.24, 2.45) is 0 Å². The normalized spacial score (nSPS) is 14.1. The molecule has 13 heteroatoms. The molecule has 0 radical (unpaired) electrons. The van der Waals surface area contributed by atoms with Gasteiger partial charge in [0, 0.05) is 34.5 Å². The summed E-state index contributed by atoms with van der Waals surface area (Å²) in [4.78, 5) is 11.6. The van der Waals surface area contributed by atoms with Crippen molar-refractivity contribution in [1.29, 1.82) is 5.26 Å². The van der Waals surface area contributed by atoms with Gasteiger partial charge in [-0.2, -0.15) is 5.26 Å². The summed E-state index contributed by atoms with van der Waals surface area (Å²) in [6.07, 6.45) is 24.1. The first-order chi connectivity index (χ1) is 45.1. The molecule has 2 aliphatic rings. The number of nitriles is 1. The van der Waals surface area contributed by atoms with Crippen LogP contribution in [0.5, 0.6) is 86.2 Å². The van der Waals surface area contributed by atoms with Gasteiger partial charge >= 0.3 is 0 Å². The molecule has 2 aliphatic carbocycles. The molecule has 9 aromatic rings. The van der Waals surface area contributed by atoms with Crippen LogP contribution in [0.4, 0.5) is 22.7 Å². The Morgan fingerprint density at radius 2 is 0.763 bits per heavy atom. The highest BCUT2D eigenvalue weighted by molar-refractivity contribution is 5.74. The highest BCUT2D eigenvalue weighted by atomic mass is 16.5. The molecule has 13 nitrogen and oxygen atoms in total. The Morgan fingerprint density at radius 3 is 1.20 bits per heavy atom. The van der Waals surface area contributed by atoms with E-state index in [0.29, 0.717) is 89.2 Å². The molecule has 1 spiro atoms. The van der Waals surface area contributed by atoms with Crippen LogP contribution in [-0.2, 0) is 16.2 Å². The second kappa shape index (κ2) is 26.4. The highest BCUT2D eigenvalue weighted by Gasteiger charge is 2.56. The van der Waals surface area contributed by atoms with Crippen LogP contribution in [0.15, 0.2) is 176 Å². The van der Waals surface area contributed by atoms with Crippen LogP contribution in [-0.4, -0.2) is 33.3 Å². The fraction of sp³-hybridized carbons (Fsp3) is 0.188. The summed E-state index contributed by atoms with van der Waals surface area (Å²) in [5.74, 6) is 16.3. The van der Waals surface area contributed by atoms with Crippen molar-refractivity contribution in [2.45, 2.75) is 63.7 Å². The van der Waals surface area contributed by atoms with E-state index in [9.17, 15) is 5.26 Å². The van der Waals surface area contributed by atoms with Gasteiger partial charge < -0.3 is 47.7 Å². The lowest BCUT2D eigenvalue weighted by Crippen LogP contribution is -2.27. The van der Waals surface area contributed by atoms with Gasteiger partial charge in [0.15, 0.2) is 11.5 Å². The minimum absolute atomic E-state index is 0.101. The predicted octanol–water partition coefficient (Wildman–Crippen LogP) is 19.3. The third-order valence-corrected chi connectivity index (χ3v) is 16.7. The Hall–Kier alpha value is -12.3. The zero-order valence-corrected chi connectivity index (χ0v) is 52.3. The number of para-hydroxylation sites is 3. The summed E-state index contributed by atoms with van der Waals surface area (Å²) in [5, 5.41) is 10.8. The molecule has 1 unspecified atom stereocenters. The van der Waals surface area contributed by atoms with Crippen molar-refractivity contribution in [3.05, 3.63) is 232 Å². The van der Waals surface area contributed by atoms with E-state index in [4.69, 9.17) is 76.7 Å². The number of anilines is 2. The molecule has 0 N–H and O–H groups in total. The predicted molar refractivity (Wildman–Crippen MR) is 363 cm³/mol. The zero-order valence-electron chi connectivity index (χ0n) is 52.3. The third-order valence-electron chi connectivity index (χ3n) is 16.7. The largest absolute Gasteiger partial charge is 0.490 e. The van der Waals surface area contributed by atoms with E-state index in [0.717, 1.165) is 35.3 Å². The molecular weight excluding hydrogens is 1160 g/mol. The Morgan fingerprint density at radius 1 is 0.430 bits per heavy atom. The summed E-state index contributed by atoms with van der Waals surface area (Å²) in [6.45, 7) is 29.0. The van der Waals surface area contributed by atoms with E-state index in [-0.39, 0.29) is 56.5 Å². The van der Waals surface area contributed by atoms with Gasteiger partial charge in [0.1, 0.15) is 80.6 Å². The van der Waals surface area contributed by atoms with Gasteiger partial charge in [-0.25, -0.2) is 9.69 Å². The Labute approximate surface area is 543 Å². The van der Waals surface area contributed by atoms with E-state index in [1.807, 2.05) is 89.5 Å². The lowest BCUT2D eigenvalue weighted by molar-refractivity contribution is 0.349. The zero-order chi connectivity index (χ0) is 65.4. The van der Waals surface area contributed by atoms with Gasteiger partial charge in [0.05, 0.1) is 46.4 Å². The minimum Gasteiger partial charge on any atom is -0.490 e. The van der Waals surface area contributed by atoms with Crippen LogP contribution in [0.3, 0.4) is 0 Å². The second-order valence-electron chi connectivity index (χ2n) is 23.7. The number of methoxy groups -OCH3 is 1. The van der Waals surface area contributed by atoms with Crippen molar-refractivity contribution in [3.63, 3.8) is 0 Å². The molecule has 11 rings (SSSR count). The van der Waals surface area contributed by atoms with E-state index in [2.05, 4.69) is 91.4 Å². The monoisotopic (exact) mass is 1220 g/mol. The van der Waals surface area contributed by atoms with Crippen LogP contribution in [0, 0.1) is 80.8 Å². The van der Waals surface area contributed by atoms with E-state index in [1.165, 1.54) is 18.2 Å². The van der Waals surface area contributed by atoms with Gasteiger partial charge in [-0.1, -0.05) is 106 Å². The van der Waals surface area contributed by atoms with Crippen LogP contribution < -0.4 is 47.7 Å². The average Bonchev–Trinajstić information content (AvgIpc) is 1.53. The molecular formula is C80H63N5O8. The third kappa shape index (κ3) is 12.6. The Bertz CT molecular complexity index is 4670. The average molecular weight is 1220 g/mol. The molecule has 0 fully saturated rings. The highest BCUT2D eigenvalue weighted by Crippen LogP contribution is 2.64. The second-order valence-corrected chi connectivity index (χ2v) is 23.7. The maximum atomic E-state index is 10.8. The molecule has 0 aromatic heterocycles. The standard InChI is InChI=1S/C80H63N5O8/c1-13-42-84(43-14-2)54-24-17-26-56(46-54)87-65-28-19-29-66(53(65)5)91-70-33-22-35-72(76(70)83-11)93-71-34-21-32-69(75(71)82-10)89-59-39-41-62-64(49-59)80(52-79(62,8)9)51-78(6,7)61-40-38-58(48-63(61)80)88-67-30-20-31-68(60(67)50-81)92-74-37-23-36-73(77(74)86-12)90-57-27-18-25-55(47-57)85(44-15-3)45-16-4/h1-4,17-41,46-49H,42-45,51-52H2,5-9,12H3. The van der Waals surface area contributed by atoms with Gasteiger partial charge in [0.25, 0.3) is 11.4 Å². The smallest absolute Gasteiger partial charge is 0.270 e. The summed E-state index contributed by atoms with van der Waals surface area (Å²) >= 11 is 0. The van der Waals surface area contributed by atoms with Gasteiger partial charge in [0.2, 0.25) is 5.75 Å². The fourth-order valence-electron chi connectivity index (χ4n) is 12.7. The fourth-order valence-corrected chi connectivity index (χ4v) is 12.7. The van der Waals surface area contributed by atoms with Crippen LogP contribution in [0.1, 0.15) is 73.9 Å². The molecule has 93 heavy (non-hydrogen) atoms. The molecule has 9 aromatic carbocycles. The number of hydrogen-bond donors (Lipinski definition) is 0. The number of nitrogens with zero attached hydrogens (tertiary/aromatic N) is 5. The van der Waals surface area contributed by atoms with Gasteiger partial charge in [-0.05, 0) is 162 Å². The van der Waals surface area contributed by atoms with Crippen LogP contribution in [0.2, 0.25) is 0 Å². The summed E-state index contributed by atoms with van der Waals surface area (Å²) < 4.78 is 51.5. The molecule has 456 valence electrons. The number of fused-ring (bicyclic) bond motifs is 4. The minimum atomic E-state index is -0.476. The first-order valence-corrected chi connectivity index (χ1v) is 29.9. The molecule has 0 aliphatic heterocycles. The molecule has 0 saturated carbocycles. The van der Waals surface area contributed by atoms with Crippen molar-refractivity contribution in [3.8, 4) is 142 Å². The van der Waals surface area contributed by atoms with E-state index in [1.54, 1.807) is 78.9 Å². The van der Waals surface area contributed by atoms with Crippen molar-refractivity contribution >= 4 is 22.7 Å². The van der Waals surface area contributed by atoms with Crippen molar-refractivity contribution in [1.82, 2.24) is 0 Å². The lowest BCUT2D eigenvalue weighted by Gasteiger charge is -2.30. The van der Waals surface area contributed by atoms with Gasteiger partial charge in [-0.3, -0.25) is 0 Å². The summed E-state index contributed by atoms with van der Waals surface area (Å²) in [6, 6.07) is 55.8. The number of ether oxygens (including phenoxy) is 8. The molecule has 1 atom stereocenters. The topological polar surface area (TPSA) is 113 Å². The maximum Gasteiger partial charge on any atom is 0.270 e. The first kappa shape index (κ1) is 62.3. The molecule has 0 amide bonds. The Kier molecular flexibility index (Phi) is 17.7. The first-order valence-electron chi connectivity index (χ1n) is 29.9. The SMILES string of the molecule is [C-]#[N+]c1c(Oc2ccc3c(c2)C2(CC(C)(C)c4ccc(Oc5cccc(Oc6cccc(Oc7cccc(N(CC#C)CC#C)c7)c6OC)c5C#N)cc42)CC3(C)C)cccc1Oc1cccc(Oc2cccc(Oc3cccc(N(CC#C)CC#C)c3)c2C)c1[N+]#[C-]. The molecule has 0 heterocycles. The lowest BCUT2D eigenvalue weighted by atomic mass is 9.72. The van der Waals surface area contributed by atoms with Gasteiger partial charge in [-0.15, -0.1) is 25.7 Å². The summed E-state index contributed by atoms with van der Waals surface area (Å²) in [7, 11) is 1.52. The van der Waals surface area contributed by atoms with Crippen molar-refractivity contribution in [2.75, 3.05) is 43.1 Å². The molecule has 0 bridgehead atoms. The Balaban J connectivity index is 0.839. The maximum absolute atomic E-state index is 10.8. The number of rotatable bonds is 21.